The summed E-state index contributed by atoms with van der Waals surface area (Å²) in [5.41, 5.74) is 1.06. The zero-order valence-corrected chi connectivity index (χ0v) is 15.5. The van der Waals surface area contributed by atoms with Crippen LogP contribution < -0.4 is 0 Å². The quantitative estimate of drug-likeness (QED) is 0.846. The molecule has 2 aromatic rings. The number of aromatic nitrogens is 2. The van der Waals surface area contributed by atoms with Crippen LogP contribution in [0.2, 0.25) is 5.02 Å². The second kappa shape index (κ2) is 8.65. The van der Waals surface area contributed by atoms with Gasteiger partial charge in [0.05, 0.1) is 12.0 Å². The number of aliphatic carboxylic acids is 1. The number of carboxylic acid groups (broad SMARTS) is 1. The van der Waals surface area contributed by atoms with E-state index in [1.165, 1.54) is 0 Å². The van der Waals surface area contributed by atoms with Crippen LogP contribution in [0.5, 0.6) is 0 Å². The van der Waals surface area contributed by atoms with E-state index in [-0.39, 0.29) is 24.4 Å². The first-order valence-corrected chi connectivity index (χ1v) is 8.44. The van der Waals surface area contributed by atoms with Gasteiger partial charge in [-0.1, -0.05) is 28.9 Å². The zero-order valence-electron chi connectivity index (χ0n) is 13.9. The third-order valence-corrected chi connectivity index (χ3v) is 4.72. The summed E-state index contributed by atoms with van der Waals surface area (Å²) in [5.74, 6) is 0.0921. The molecule has 8 heteroatoms. The van der Waals surface area contributed by atoms with E-state index in [2.05, 4.69) is 15.0 Å². The Balaban J connectivity index is 0.00000225. The third-order valence-electron chi connectivity index (χ3n) is 4.47. The highest BCUT2D eigenvalue weighted by Crippen LogP contribution is 2.26. The average Bonchev–Trinajstić information content (AvgIpc) is 3.05. The molecule has 1 aliphatic heterocycles. The second-order valence-electron chi connectivity index (χ2n) is 6.20. The maximum atomic E-state index is 11.2. The molecule has 2 unspecified atom stereocenters. The monoisotopic (exact) mass is 385 g/mol. The Kier molecular flexibility index (Phi) is 6.81. The van der Waals surface area contributed by atoms with Crippen LogP contribution in [0.4, 0.5) is 0 Å². The predicted molar refractivity (Wildman–Crippen MR) is 96.2 cm³/mol. The lowest BCUT2D eigenvalue weighted by atomic mass is 9.97. The van der Waals surface area contributed by atoms with Crippen molar-refractivity contribution in [3.63, 3.8) is 0 Å². The van der Waals surface area contributed by atoms with Crippen molar-refractivity contribution < 1.29 is 14.4 Å². The summed E-state index contributed by atoms with van der Waals surface area (Å²) >= 11 is 5.88. The molecule has 3 rings (SSSR count). The summed E-state index contributed by atoms with van der Waals surface area (Å²) < 4.78 is 5.40. The van der Waals surface area contributed by atoms with E-state index in [1.54, 1.807) is 0 Å². The fourth-order valence-corrected chi connectivity index (χ4v) is 3.14. The zero-order chi connectivity index (χ0) is 17.1. The summed E-state index contributed by atoms with van der Waals surface area (Å²) in [6.07, 6.45) is 2.17. The third kappa shape index (κ3) is 4.93. The van der Waals surface area contributed by atoms with Crippen molar-refractivity contribution in [2.24, 2.45) is 5.92 Å². The molecule has 0 radical (unpaired) electrons. The summed E-state index contributed by atoms with van der Waals surface area (Å²) in [6, 6.07) is 7.45. The van der Waals surface area contributed by atoms with Crippen LogP contribution in [-0.4, -0.2) is 39.2 Å². The summed E-state index contributed by atoms with van der Waals surface area (Å²) in [7, 11) is 0. The normalized spacial score (nSPS) is 19.2. The number of carboxylic acids is 1. The van der Waals surface area contributed by atoms with E-state index in [0.29, 0.717) is 29.7 Å². The maximum absolute atomic E-state index is 11.2. The topological polar surface area (TPSA) is 79.5 Å². The van der Waals surface area contributed by atoms with Gasteiger partial charge >= 0.3 is 5.97 Å². The van der Waals surface area contributed by atoms with E-state index in [9.17, 15) is 9.90 Å². The molecule has 1 fully saturated rings. The van der Waals surface area contributed by atoms with Crippen LogP contribution in [0.1, 0.15) is 43.1 Å². The maximum Gasteiger partial charge on any atom is 0.307 e. The minimum Gasteiger partial charge on any atom is -0.481 e. The minimum absolute atomic E-state index is 0. The number of likely N-dealkylation sites (tertiary alicyclic amines) is 1. The molecule has 1 aromatic heterocycles. The Bertz CT molecular complexity index is 705. The first-order valence-electron chi connectivity index (χ1n) is 8.06. The Labute approximate surface area is 157 Å². The van der Waals surface area contributed by atoms with Crippen molar-refractivity contribution in [1.29, 1.82) is 0 Å². The molecule has 0 bridgehead atoms. The van der Waals surface area contributed by atoms with Gasteiger partial charge in [-0.25, -0.2) is 0 Å². The molecular weight excluding hydrogens is 365 g/mol. The standard InChI is InChI=1S/C17H20ClN3O3.ClH/c1-11(21-8-2-3-13(10-21)17(22)23)16-19-15(20-24-16)9-12-4-6-14(18)7-5-12;/h4-7,11,13H,2-3,8-10H2,1H3,(H,22,23);1H. The van der Waals surface area contributed by atoms with Gasteiger partial charge in [0.2, 0.25) is 5.89 Å². The predicted octanol–water partition coefficient (Wildman–Crippen LogP) is 3.59. The molecule has 136 valence electrons. The number of rotatable bonds is 5. The minimum atomic E-state index is -0.735. The van der Waals surface area contributed by atoms with Crippen molar-refractivity contribution in [1.82, 2.24) is 15.0 Å². The van der Waals surface area contributed by atoms with Crippen LogP contribution in [0, 0.1) is 5.92 Å². The van der Waals surface area contributed by atoms with E-state index >= 15 is 0 Å². The molecule has 0 spiro atoms. The van der Waals surface area contributed by atoms with Gasteiger partial charge in [0, 0.05) is 18.0 Å². The van der Waals surface area contributed by atoms with Gasteiger partial charge < -0.3 is 9.63 Å². The highest BCUT2D eigenvalue weighted by Gasteiger charge is 2.30. The largest absolute Gasteiger partial charge is 0.481 e. The van der Waals surface area contributed by atoms with Crippen molar-refractivity contribution in [3.05, 3.63) is 46.6 Å². The number of hydrogen-bond donors (Lipinski definition) is 1. The van der Waals surface area contributed by atoms with Crippen molar-refractivity contribution >= 4 is 30.0 Å². The number of carbonyl (C=O) groups is 1. The molecule has 25 heavy (non-hydrogen) atoms. The van der Waals surface area contributed by atoms with Crippen LogP contribution >= 0.6 is 24.0 Å². The van der Waals surface area contributed by atoms with Crippen LogP contribution in [-0.2, 0) is 11.2 Å². The van der Waals surface area contributed by atoms with Gasteiger partial charge in [0.25, 0.3) is 0 Å². The van der Waals surface area contributed by atoms with E-state index in [1.807, 2.05) is 31.2 Å². The fourth-order valence-electron chi connectivity index (χ4n) is 3.01. The highest BCUT2D eigenvalue weighted by atomic mass is 35.5. The molecule has 0 saturated carbocycles. The average molecular weight is 386 g/mol. The van der Waals surface area contributed by atoms with Crippen molar-refractivity contribution in [3.8, 4) is 0 Å². The highest BCUT2D eigenvalue weighted by molar-refractivity contribution is 6.30. The SMILES string of the molecule is CC(c1nc(Cc2ccc(Cl)cc2)no1)N1CCCC(C(=O)O)C1.Cl. The molecular formula is C17H21Cl2N3O3. The molecule has 1 saturated heterocycles. The Hall–Kier alpha value is -1.63. The number of nitrogens with zero attached hydrogens (tertiary/aromatic N) is 3. The first kappa shape index (κ1) is 19.7. The molecule has 1 aromatic carbocycles. The van der Waals surface area contributed by atoms with Gasteiger partial charge in [-0.05, 0) is 44.0 Å². The van der Waals surface area contributed by atoms with Gasteiger partial charge in [0.15, 0.2) is 5.82 Å². The second-order valence-corrected chi connectivity index (χ2v) is 6.64. The summed E-state index contributed by atoms with van der Waals surface area (Å²) in [4.78, 5) is 17.8. The molecule has 0 amide bonds. The lowest BCUT2D eigenvalue weighted by Crippen LogP contribution is -2.40. The summed E-state index contributed by atoms with van der Waals surface area (Å²) in [5, 5.41) is 13.9. The van der Waals surface area contributed by atoms with Crippen molar-refractivity contribution in [2.75, 3.05) is 13.1 Å². The molecule has 2 atom stereocenters. The number of piperidine rings is 1. The number of benzene rings is 1. The number of halogens is 2. The van der Waals surface area contributed by atoms with Gasteiger partial charge in [-0.15, -0.1) is 12.4 Å². The Morgan fingerprint density at radius 1 is 1.44 bits per heavy atom. The Morgan fingerprint density at radius 2 is 2.16 bits per heavy atom. The Morgan fingerprint density at radius 3 is 2.84 bits per heavy atom. The van der Waals surface area contributed by atoms with Crippen LogP contribution in [0.3, 0.4) is 0 Å². The molecule has 6 nitrogen and oxygen atoms in total. The lowest BCUT2D eigenvalue weighted by Gasteiger charge is -2.33. The summed E-state index contributed by atoms with van der Waals surface area (Å²) in [6.45, 7) is 3.34. The molecule has 1 aliphatic rings. The van der Waals surface area contributed by atoms with Gasteiger partial charge in [-0.2, -0.15) is 4.98 Å². The van der Waals surface area contributed by atoms with E-state index in [4.69, 9.17) is 16.1 Å². The van der Waals surface area contributed by atoms with Crippen LogP contribution in [0.25, 0.3) is 0 Å². The van der Waals surface area contributed by atoms with Crippen LogP contribution in [0.15, 0.2) is 28.8 Å². The van der Waals surface area contributed by atoms with E-state index < -0.39 is 5.97 Å². The smallest absolute Gasteiger partial charge is 0.307 e. The van der Waals surface area contributed by atoms with E-state index in [0.717, 1.165) is 24.9 Å². The van der Waals surface area contributed by atoms with Crippen molar-refractivity contribution in [2.45, 2.75) is 32.2 Å². The first-order chi connectivity index (χ1) is 11.5. The van der Waals surface area contributed by atoms with Gasteiger partial charge in [-0.3, -0.25) is 9.69 Å². The fraction of sp³-hybridized carbons (Fsp3) is 0.471. The molecule has 0 aliphatic carbocycles. The lowest BCUT2D eigenvalue weighted by molar-refractivity contribution is -0.144. The number of hydrogen-bond acceptors (Lipinski definition) is 5. The molecule has 2 heterocycles. The van der Waals surface area contributed by atoms with Gasteiger partial charge in [0.1, 0.15) is 0 Å². The molecule has 1 N–H and O–H groups in total.